The molecule has 2 rings (SSSR count). The molecular weight excluding hydrogens is 212 g/mol. The number of thioether (sulfide) groups is 1. The maximum absolute atomic E-state index is 9.27. The minimum Gasteiger partial charge on any atom is -0.244 e. The summed E-state index contributed by atoms with van der Waals surface area (Å²) in [6.45, 7) is 4.08. The first-order chi connectivity index (χ1) is 6.68. The number of rotatable bonds is 1. The van der Waals surface area contributed by atoms with Crippen molar-refractivity contribution in [2.24, 2.45) is 0 Å². The molecule has 1 aliphatic heterocycles. The van der Waals surface area contributed by atoms with E-state index in [1.807, 2.05) is 6.92 Å². The molecule has 1 aromatic heterocycles. The molecule has 14 heavy (non-hydrogen) atoms. The number of hydrogen-bond donors (Lipinski definition) is 0. The maximum Gasteiger partial charge on any atom is 0.154 e. The van der Waals surface area contributed by atoms with Crippen LogP contribution in [0.2, 0.25) is 0 Å². The van der Waals surface area contributed by atoms with Gasteiger partial charge in [0.05, 0.1) is 11.8 Å². The number of aromatic nitrogens is 1. The molecular formula is C10H12N2S2. The van der Waals surface area contributed by atoms with Gasteiger partial charge in [0.2, 0.25) is 0 Å². The van der Waals surface area contributed by atoms with Crippen molar-refractivity contribution >= 4 is 23.1 Å². The summed E-state index contributed by atoms with van der Waals surface area (Å²) in [6, 6.07) is 2.45. The lowest BCUT2D eigenvalue weighted by Crippen LogP contribution is -2.14. The lowest BCUT2D eigenvalue weighted by molar-refractivity contribution is 0.712. The second-order valence-electron chi connectivity index (χ2n) is 3.55. The fourth-order valence-electron chi connectivity index (χ4n) is 1.59. The van der Waals surface area contributed by atoms with Crippen molar-refractivity contribution in [1.29, 1.82) is 5.26 Å². The van der Waals surface area contributed by atoms with Gasteiger partial charge in [0.15, 0.2) is 4.75 Å². The number of hydrogen-bond acceptors (Lipinski definition) is 4. The van der Waals surface area contributed by atoms with Gasteiger partial charge >= 0.3 is 0 Å². The highest BCUT2D eigenvalue weighted by molar-refractivity contribution is 8.00. The van der Waals surface area contributed by atoms with Gasteiger partial charge in [-0.05, 0) is 32.4 Å². The first-order valence-corrected chi connectivity index (χ1v) is 6.48. The molecule has 0 aromatic carbocycles. The van der Waals surface area contributed by atoms with Crippen molar-refractivity contribution in [1.82, 2.24) is 4.98 Å². The van der Waals surface area contributed by atoms with Crippen molar-refractivity contribution in [3.05, 3.63) is 15.6 Å². The largest absolute Gasteiger partial charge is 0.244 e. The van der Waals surface area contributed by atoms with E-state index in [0.717, 1.165) is 29.3 Å². The Bertz CT molecular complexity index is 364. The van der Waals surface area contributed by atoms with Crippen LogP contribution >= 0.6 is 23.1 Å². The van der Waals surface area contributed by atoms with E-state index in [1.165, 1.54) is 4.88 Å². The van der Waals surface area contributed by atoms with Crippen LogP contribution in [0.4, 0.5) is 0 Å². The first-order valence-electron chi connectivity index (χ1n) is 4.68. The van der Waals surface area contributed by atoms with Gasteiger partial charge in [-0.2, -0.15) is 5.26 Å². The minimum absolute atomic E-state index is 0.330. The molecule has 1 aliphatic rings. The van der Waals surface area contributed by atoms with Gasteiger partial charge in [-0.1, -0.05) is 0 Å². The summed E-state index contributed by atoms with van der Waals surface area (Å²) >= 11 is 3.43. The predicted molar refractivity (Wildman–Crippen MR) is 60.6 cm³/mol. The molecule has 2 heterocycles. The smallest absolute Gasteiger partial charge is 0.154 e. The highest BCUT2D eigenvalue weighted by Crippen LogP contribution is 2.47. The van der Waals surface area contributed by atoms with E-state index in [0.29, 0.717) is 0 Å². The molecule has 0 amide bonds. The lowest BCUT2D eigenvalue weighted by atomic mass is 10.1. The summed E-state index contributed by atoms with van der Waals surface area (Å²) in [5.41, 5.74) is 1.08. The molecule has 2 nitrogen and oxygen atoms in total. The highest BCUT2D eigenvalue weighted by Gasteiger charge is 2.39. The molecule has 74 valence electrons. The Morgan fingerprint density at radius 1 is 1.50 bits per heavy atom. The van der Waals surface area contributed by atoms with Crippen molar-refractivity contribution < 1.29 is 0 Å². The summed E-state index contributed by atoms with van der Waals surface area (Å²) < 4.78 is -0.330. The molecule has 4 heteroatoms. The Morgan fingerprint density at radius 3 is 2.71 bits per heavy atom. The second-order valence-corrected chi connectivity index (χ2v) is 6.15. The van der Waals surface area contributed by atoms with Gasteiger partial charge in [-0.3, -0.25) is 0 Å². The second kappa shape index (κ2) is 3.56. The van der Waals surface area contributed by atoms with Crippen molar-refractivity contribution in [3.8, 4) is 6.07 Å². The zero-order valence-electron chi connectivity index (χ0n) is 8.33. The molecule has 0 bridgehead atoms. The summed E-state index contributed by atoms with van der Waals surface area (Å²) in [4.78, 5) is 5.75. The standard InChI is InChI=1S/C10H12N2S2/c1-7-8(2)14-9(12-7)10(6-11)4-3-5-13-10/h3-5H2,1-2H3. The van der Waals surface area contributed by atoms with Crippen molar-refractivity contribution in [2.45, 2.75) is 31.4 Å². The Hall–Kier alpha value is -0.530. The molecule has 1 unspecified atom stereocenters. The van der Waals surface area contributed by atoms with Crippen LogP contribution in [0.25, 0.3) is 0 Å². The average molecular weight is 224 g/mol. The fraction of sp³-hybridized carbons (Fsp3) is 0.600. The molecule has 0 aliphatic carbocycles. The SMILES string of the molecule is Cc1nc(C2(C#N)CCCS2)sc1C. The van der Waals surface area contributed by atoms with Gasteiger partial charge in [0.1, 0.15) is 5.01 Å². The van der Waals surface area contributed by atoms with Crippen LogP contribution in [0.3, 0.4) is 0 Å². The third-order valence-corrected chi connectivity index (χ3v) is 5.41. The molecule has 1 saturated heterocycles. The van der Waals surface area contributed by atoms with Crippen LogP contribution in [-0.4, -0.2) is 10.7 Å². The molecule has 0 spiro atoms. The normalized spacial score (nSPS) is 26.4. The zero-order chi connectivity index (χ0) is 10.2. The summed E-state index contributed by atoms with van der Waals surface area (Å²) in [6.07, 6.45) is 2.09. The van der Waals surface area contributed by atoms with Gasteiger partial charge in [-0.15, -0.1) is 23.1 Å². The molecule has 0 radical (unpaired) electrons. The monoisotopic (exact) mass is 224 g/mol. The van der Waals surface area contributed by atoms with Gasteiger partial charge < -0.3 is 0 Å². The van der Waals surface area contributed by atoms with Crippen LogP contribution in [-0.2, 0) is 4.75 Å². The van der Waals surface area contributed by atoms with E-state index in [4.69, 9.17) is 0 Å². The van der Waals surface area contributed by atoms with E-state index in [1.54, 1.807) is 23.1 Å². The first kappa shape index (κ1) is 10.0. The van der Waals surface area contributed by atoms with E-state index >= 15 is 0 Å². The summed E-state index contributed by atoms with van der Waals surface area (Å²) in [5, 5.41) is 10.3. The Labute approximate surface area is 92.4 Å². The lowest BCUT2D eigenvalue weighted by Gasteiger charge is -2.15. The Kier molecular flexibility index (Phi) is 2.54. The molecule has 1 aromatic rings. The minimum atomic E-state index is -0.330. The fourth-order valence-corrected chi connectivity index (χ4v) is 4.03. The molecule has 1 fully saturated rings. The van der Waals surface area contributed by atoms with E-state index in [9.17, 15) is 5.26 Å². The maximum atomic E-state index is 9.27. The van der Waals surface area contributed by atoms with Gasteiger partial charge in [0, 0.05) is 4.88 Å². The Balaban J connectivity index is 2.42. The predicted octanol–water partition coefficient (Wildman–Crippen LogP) is 3.01. The van der Waals surface area contributed by atoms with Gasteiger partial charge in [0.25, 0.3) is 0 Å². The number of nitrogens with zero attached hydrogens (tertiary/aromatic N) is 2. The van der Waals surface area contributed by atoms with Crippen LogP contribution in [0.15, 0.2) is 0 Å². The third kappa shape index (κ3) is 1.45. The molecule has 0 saturated carbocycles. The topological polar surface area (TPSA) is 36.7 Å². The van der Waals surface area contributed by atoms with Gasteiger partial charge in [-0.25, -0.2) is 4.98 Å². The zero-order valence-corrected chi connectivity index (χ0v) is 9.97. The van der Waals surface area contributed by atoms with Crippen molar-refractivity contribution in [2.75, 3.05) is 5.75 Å². The van der Waals surface area contributed by atoms with Crippen LogP contribution < -0.4 is 0 Å². The number of nitriles is 1. The van der Waals surface area contributed by atoms with E-state index < -0.39 is 0 Å². The average Bonchev–Trinajstić information content (AvgIpc) is 2.75. The molecule has 1 atom stereocenters. The summed E-state index contributed by atoms with van der Waals surface area (Å²) in [7, 11) is 0. The Morgan fingerprint density at radius 2 is 2.29 bits per heavy atom. The number of thiazole rings is 1. The summed E-state index contributed by atoms with van der Waals surface area (Å²) in [5.74, 6) is 1.09. The van der Waals surface area contributed by atoms with Crippen LogP contribution in [0.1, 0.15) is 28.4 Å². The quantitative estimate of drug-likeness (QED) is 0.735. The van der Waals surface area contributed by atoms with Crippen LogP contribution in [0.5, 0.6) is 0 Å². The van der Waals surface area contributed by atoms with Crippen LogP contribution in [0, 0.1) is 25.2 Å². The number of aryl methyl sites for hydroxylation is 2. The van der Waals surface area contributed by atoms with E-state index in [2.05, 4.69) is 18.0 Å². The molecule has 0 N–H and O–H groups in total. The van der Waals surface area contributed by atoms with Crippen molar-refractivity contribution in [3.63, 3.8) is 0 Å². The highest BCUT2D eigenvalue weighted by atomic mass is 32.2. The van der Waals surface area contributed by atoms with E-state index in [-0.39, 0.29) is 4.75 Å². The third-order valence-electron chi connectivity index (χ3n) is 2.58.